The molecule has 4 aromatic rings. The van der Waals surface area contributed by atoms with E-state index in [-0.39, 0.29) is 11.3 Å². The third-order valence-electron chi connectivity index (χ3n) is 5.54. The Morgan fingerprint density at radius 2 is 1.67 bits per heavy atom. The maximum atomic E-state index is 13.3. The Bertz CT molecular complexity index is 1520. The van der Waals surface area contributed by atoms with Crippen molar-refractivity contribution < 1.29 is 24.3 Å². The standard InChI is InChI=1S/C28H24N6O5/c29-24(35)15-23(28(38)39)32-27(37)22(31-26(36)18-8-3-1-4-9-18)14-20-17-34(21-11-5-2-6-12-21)33-25(20)19-10-7-13-30-16-19/h1-14,16-17,23H,15H2,(H2,29,35)(H,31,36)(H,32,37)(H,38,39). The van der Waals surface area contributed by atoms with E-state index in [0.29, 0.717) is 16.8 Å². The van der Waals surface area contributed by atoms with Crippen LogP contribution in [0.4, 0.5) is 0 Å². The van der Waals surface area contributed by atoms with E-state index in [1.165, 1.54) is 6.08 Å². The summed E-state index contributed by atoms with van der Waals surface area (Å²) in [6.07, 6.45) is 5.63. The van der Waals surface area contributed by atoms with Gasteiger partial charge >= 0.3 is 5.97 Å². The fraction of sp³-hybridized carbons (Fsp3) is 0.0714. The van der Waals surface area contributed by atoms with Gasteiger partial charge in [-0.3, -0.25) is 19.4 Å². The number of carboxylic acid groups (broad SMARTS) is 1. The summed E-state index contributed by atoms with van der Waals surface area (Å²) >= 11 is 0. The van der Waals surface area contributed by atoms with Crippen LogP contribution in [0.5, 0.6) is 0 Å². The number of pyridine rings is 1. The molecule has 2 aromatic carbocycles. The van der Waals surface area contributed by atoms with Crippen LogP contribution in [0.1, 0.15) is 22.3 Å². The van der Waals surface area contributed by atoms with Gasteiger partial charge in [-0.2, -0.15) is 5.10 Å². The molecule has 1 unspecified atom stereocenters. The van der Waals surface area contributed by atoms with Gasteiger partial charge in [0.1, 0.15) is 17.4 Å². The van der Waals surface area contributed by atoms with Crippen LogP contribution in [0.25, 0.3) is 23.0 Å². The number of carbonyl (C=O) groups excluding carboxylic acids is 3. The lowest BCUT2D eigenvalue weighted by molar-refractivity contribution is -0.142. The number of aromatic nitrogens is 3. The second kappa shape index (κ2) is 12.1. The van der Waals surface area contributed by atoms with Gasteiger partial charge in [0.05, 0.1) is 12.1 Å². The highest BCUT2D eigenvalue weighted by atomic mass is 16.4. The van der Waals surface area contributed by atoms with Gasteiger partial charge in [0, 0.05) is 35.3 Å². The van der Waals surface area contributed by atoms with Crippen LogP contribution in [0, 0.1) is 0 Å². The summed E-state index contributed by atoms with van der Waals surface area (Å²) in [7, 11) is 0. The first-order valence-corrected chi connectivity index (χ1v) is 11.8. The first-order valence-electron chi connectivity index (χ1n) is 11.8. The Labute approximate surface area is 223 Å². The number of amides is 3. The molecule has 5 N–H and O–H groups in total. The Hall–Kier alpha value is -5.58. The SMILES string of the molecule is NC(=O)CC(NC(=O)C(=Cc1cn(-c2ccccc2)nc1-c1cccnc1)NC(=O)c1ccccc1)C(=O)O. The van der Waals surface area contributed by atoms with Gasteiger partial charge in [0.25, 0.3) is 11.8 Å². The van der Waals surface area contributed by atoms with Gasteiger partial charge in [-0.05, 0) is 42.5 Å². The summed E-state index contributed by atoms with van der Waals surface area (Å²) in [5, 5.41) is 19.0. The molecule has 0 aliphatic heterocycles. The first kappa shape index (κ1) is 26.5. The molecule has 0 saturated heterocycles. The number of para-hydroxylation sites is 1. The van der Waals surface area contributed by atoms with Crippen molar-refractivity contribution in [2.24, 2.45) is 5.73 Å². The molecule has 0 aliphatic rings. The monoisotopic (exact) mass is 524 g/mol. The second-order valence-electron chi connectivity index (χ2n) is 8.37. The molecule has 11 nitrogen and oxygen atoms in total. The summed E-state index contributed by atoms with van der Waals surface area (Å²) < 4.78 is 1.61. The van der Waals surface area contributed by atoms with Gasteiger partial charge in [0.2, 0.25) is 5.91 Å². The van der Waals surface area contributed by atoms with Crippen molar-refractivity contribution in [3.63, 3.8) is 0 Å². The van der Waals surface area contributed by atoms with E-state index in [4.69, 9.17) is 5.73 Å². The molecule has 0 bridgehead atoms. The van der Waals surface area contributed by atoms with Crippen LogP contribution in [0.15, 0.2) is 97.1 Å². The van der Waals surface area contributed by atoms with Crippen molar-refractivity contribution in [3.8, 4) is 16.9 Å². The third-order valence-corrected chi connectivity index (χ3v) is 5.54. The molecular formula is C28H24N6O5. The van der Waals surface area contributed by atoms with E-state index in [2.05, 4.69) is 20.7 Å². The minimum atomic E-state index is -1.60. The number of nitrogens with two attached hydrogens (primary N) is 1. The fourth-order valence-electron chi connectivity index (χ4n) is 3.67. The summed E-state index contributed by atoms with van der Waals surface area (Å²) in [6, 6.07) is 19.4. The van der Waals surface area contributed by atoms with Crippen molar-refractivity contribution in [1.82, 2.24) is 25.4 Å². The summed E-state index contributed by atoms with van der Waals surface area (Å²) in [5.41, 5.74) is 7.44. The highest BCUT2D eigenvalue weighted by Crippen LogP contribution is 2.25. The lowest BCUT2D eigenvalue weighted by atomic mass is 10.1. The number of carboxylic acids is 1. The molecule has 0 saturated carbocycles. The van der Waals surface area contributed by atoms with Crippen molar-refractivity contribution in [3.05, 3.63) is 108 Å². The van der Waals surface area contributed by atoms with Crippen molar-refractivity contribution >= 4 is 29.8 Å². The number of hydrogen-bond donors (Lipinski definition) is 4. The molecule has 1 atom stereocenters. The molecular weight excluding hydrogens is 500 g/mol. The van der Waals surface area contributed by atoms with Gasteiger partial charge in [-0.15, -0.1) is 0 Å². The Morgan fingerprint density at radius 3 is 2.28 bits per heavy atom. The van der Waals surface area contributed by atoms with E-state index in [1.54, 1.807) is 65.7 Å². The average molecular weight is 525 g/mol. The Kier molecular flexibility index (Phi) is 8.22. The van der Waals surface area contributed by atoms with E-state index >= 15 is 0 Å². The molecule has 2 aromatic heterocycles. The molecule has 3 amide bonds. The van der Waals surface area contributed by atoms with E-state index in [1.807, 2.05) is 30.3 Å². The fourth-order valence-corrected chi connectivity index (χ4v) is 3.67. The van der Waals surface area contributed by atoms with Crippen molar-refractivity contribution in [1.29, 1.82) is 0 Å². The highest BCUT2D eigenvalue weighted by molar-refractivity contribution is 6.06. The summed E-state index contributed by atoms with van der Waals surface area (Å²) in [6.45, 7) is 0. The molecule has 11 heteroatoms. The second-order valence-corrected chi connectivity index (χ2v) is 8.37. The Morgan fingerprint density at radius 1 is 0.974 bits per heavy atom. The van der Waals surface area contributed by atoms with E-state index < -0.39 is 36.2 Å². The smallest absolute Gasteiger partial charge is 0.326 e. The lowest BCUT2D eigenvalue weighted by Gasteiger charge is -2.15. The number of hydrogen-bond acceptors (Lipinski definition) is 6. The van der Waals surface area contributed by atoms with Gasteiger partial charge < -0.3 is 21.5 Å². The number of aliphatic carboxylic acids is 1. The number of carbonyl (C=O) groups is 4. The topological polar surface area (TPSA) is 169 Å². The molecule has 196 valence electrons. The van der Waals surface area contributed by atoms with Crippen LogP contribution in [-0.4, -0.2) is 49.6 Å². The number of rotatable bonds is 10. The van der Waals surface area contributed by atoms with Crippen LogP contribution in [-0.2, 0) is 14.4 Å². The third kappa shape index (κ3) is 6.80. The number of nitrogens with one attached hydrogen (secondary N) is 2. The van der Waals surface area contributed by atoms with Crippen molar-refractivity contribution in [2.45, 2.75) is 12.5 Å². The van der Waals surface area contributed by atoms with Gasteiger partial charge in [0.15, 0.2) is 0 Å². The maximum absolute atomic E-state index is 13.3. The lowest BCUT2D eigenvalue weighted by Crippen LogP contribution is -2.46. The average Bonchev–Trinajstić information content (AvgIpc) is 3.37. The largest absolute Gasteiger partial charge is 0.480 e. The zero-order chi connectivity index (χ0) is 27.8. The van der Waals surface area contributed by atoms with Crippen molar-refractivity contribution in [2.75, 3.05) is 0 Å². The first-order chi connectivity index (χ1) is 18.8. The molecule has 2 heterocycles. The quantitative estimate of drug-likeness (QED) is 0.230. The van der Waals surface area contributed by atoms with Crippen LogP contribution >= 0.6 is 0 Å². The predicted octanol–water partition coefficient (Wildman–Crippen LogP) is 2.15. The summed E-state index contributed by atoms with van der Waals surface area (Å²) in [4.78, 5) is 53.4. The molecule has 0 radical (unpaired) electrons. The number of benzene rings is 2. The normalized spacial score (nSPS) is 11.8. The molecule has 0 aliphatic carbocycles. The van der Waals surface area contributed by atoms with E-state index in [9.17, 15) is 24.3 Å². The maximum Gasteiger partial charge on any atom is 0.326 e. The van der Waals surface area contributed by atoms with Crippen LogP contribution in [0.3, 0.4) is 0 Å². The Balaban J connectivity index is 1.79. The zero-order valence-electron chi connectivity index (χ0n) is 20.5. The van der Waals surface area contributed by atoms with Gasteiger partial charge in [-0.25, -0.2) is 9.48 Å². The van der Waals surface area contributed by atoms with Gasteiger partial charge in [-0.1, -0.05) is 36.4 Å². The highest BCUT2D eigenvalue weighted by Gasteiger charge is 2.25. The van der Waals surface area contributed by atoms with Crippen LogP contribution in [0.2, 0.25) is 0 Å². The number of nitrogens with zero attached hydrogens (tertiary/aromatic N) is 3. The van der Waals surface area contributed by atoms with E-state index in [0.717, 1.165) is 5.69 Å². The minimum Gasteiger partial charge on any atom is -0.480 e. The molecule has 4 rings (SSSR count). The molecule has 0 spiro atoms. The van der Waals surface area contributed by atoms with Crippen LogP contribution < -0.4 is 16.4 Å². The predicted molar refractivity (Wildman–Crippen MR) is 142 cm³/mol. The summed E-state index contributed by atoms with van der Waals surface area (Å²) in [5.74, 6) is -3.90. The minimum absolute atomic E-state index is 0.266. The molecule has 0 fully saturated rings. The zero-order valence-corrected chi connectivity index (χ0v) is 20.5. The number of primary amides is 1. The molecule has 39 heavy (non-hydrogen) atoms.